The number of nitrogens with zero attached hydrogens (tertiary/aromatic N) is 4. The lowest BCUT2D eigenvalue weighted by Gasteiger charge is -2.17. The molecule has 1 aliphatic heterocycles. The fraction of sp³-hybridized carbons (Fsp3) is 0.500. The smallest absolute Gasteiger partial charge is 0.351 e. The van der Waals surface area contributed by atoms with Crippen LogP contribution in [0.1, 0.15) is 11.4 Å². The Morgan fingerprint density at radius 2 is 2.37 bits per heavy atom. The molecule has 1 saturated heterocycles. The van der Waals surface area contributed by atoms with Crippen molar-refractivity contribution in [3.63, 3.8) is 0 Å². The second kappa shape index (κ2) is 11.7. The quantitative estimate of drug-likeness (QED) is 0.384. The zero-order valence-electron chi connectivity index (χ0n) is 15.9. The van der Waals surface area contributed by atoms with Gasteiger partial charge in [-0.2, -0.15) is 9.79 Å². The van der Waals surface area contributed by atoms with E-state index >= 15 is 0 Å². The van der Waals surface area contributed by atoms with Crippen molar-refractivity contribution >= 4 is 56.2 Å². The molecule has 2 aromatic heterocycles. The van der Waals surface area contributed by atoms with Gasteiger partial charge < -0.3 is 23.1 Å². The lowest BCUT2D eigenvalue weighted by atomic mass is 10.3. The van der Waals surface area contributed by atoms with Gasteiger partial charge in [-0.25, -0.2) is 14.4 Å². The van der Waals surface area contributed by atoms with Gasteiger partial charge in [0.1, 0.15) is 49.0 Å². The van der Waals surface area contributed by atoms with Crippen LogP contribution in [0.5, 0.6) is 0 Å². The summed E-state index contributed by atoms with van der Waals surface area (Å²) in [5.41, 5.74) is 1.55. The molecule has 0 spiro atoms. The van der Waals surface area contributed by atoms with Crippen LogP contribution in [0.2, 0.25) is 0 Å². The second-order valence-corrected chi connectivity index (χ2v) is 10.2. The molecule has 0 aliphatic carbocycles. The van der Waals surface area contributed by atoms with Crippen LogP contribution < -0.4 is 0 Å². The van der Waals surface area contributed by atoms with Crippen LogP contribution in [0.4, 0.5) is 4.39 Å². The molecule has 0 amide bonds. The van der Waals surface area contributed by atoms with E-state index in [2.05, 4.69) is 34.5 Å². The highest BCUT2D eigenvalue weighted by molar-refractivity contribution is 8.42. The molecule has 3 unspecified atom stereocenters. The Morgan fingerprint density at radius 1 is 1.53 bits per heavy atom. The molecule has 0 bridgehead atoms. The molecule has 1 fully saturated rings. The SMILES string of the molecule is COC=[P+](S)OCCn1c(COP(S)OC2COC[C@H]2F)nc2cc(C#N)cnc21. The number of imidazole rings is 1. The summed E-state index contributed by atoms with van der Waals surface area (Å²) in [4.78, 5) is 8.85. The third kappa shape index (κ3) is 6.33. The third-order valence-electron chi connectivity index (χ3n) is 4.02. The van der Waals surface area contributed by atoms with Gasteiger partial charge in [0.2, 0.25) is 7.58 Å². The Hall–Kier alpha value is -0.860. The Morgan fingerprint density at radius 3 is 3.07 bits per heavy atom. The Balaban J connectivity index is 1.71. The number of ether oxygens (including phenoxy) is 2. The lowest BCUT2D eigenvalue weighted by Crippen LogP contribution is -2.21. The average Bonchev–Trinajstić information content (AvgIpc) is 3.29. The summed E-state index contributed by atoms with van der Waals surface area (Å²) in [5.74, 6) is 2.07. The van der Waals surface area contributed by atoms with Gasteiger partial charge in [-0.3, -0.25) is 0 Å². The van der Waals surface area contributed by atoms with Gasteiger partial charge in [0.05, 0.1) is 25.3 Å². The van der Waals surface area contributed by atoms with Crippen LogP contribution in [-0.4, -0.2) is 59.7 Å². The molecule has 9 nitrogen and oxygen atoms in total. The van der Waals surface area contributed by atoms with Crippen LogP contribution in [0.3, 0.4) is 0 Å². The number of pyridine rings is 1. The zero-order valence-corrected chi connectivity index (χ0v) is 19.5. The Kier molecular flexibility index (Phi) is 9.26. The van der Waals surface area contributed by atoms with Crippen LogP contribution >= 0.6 is 39.0 Å². The van der Waals surface area contributed by atoms with Crippen molar-refractivity contribution in [3.05, 3.63) is 23.7 Å². The molecule has 0 aromatic carbocycles. The molecule has 1 aliphatic rings. The number of halogens is 1. The first-order valence-electron chi connectivity index (χ1n) is 8.74. The molecule has 2 aromatic rings. The first-order valence-corrected chi connectivity index (χ1v) is 13.6. The standard InChI is InChI=1S/C16H20FN4O5P2S2/c1-22-10-27(29)24-3-2-21-15(20-13-4-11(5-18)6-19-16(13)21)9-25-28(30)26-14-8-23-7-12(14)17/h4,6,10,12,14,29-30H,2-3,7-9H2,1H3/q+1/t12-,14?,28?/m1/s1. The molecular formula is C16H20FN4O5P2S2+. The minimum atomic E-state index is -1.63. The van der Waals surface area contributed by atoms with Gasteiger partial charge >= 0.3 is 6.97 Å². The van der Waals surface area contributed by atoms with E-state index in [0.29, 0.717) is 35.7 Å². The van der Waals surface area contributed by atoms with Crippen LogP contribution in [0.25, 0.3) is 11.2 Å². The molecule has 3 rings (SSSR count). The minimum absolute atomic E-state index is 0.0124. The van der Waals surface area contributed by atoms with Crippen molar-refractivity contribution in [1.82, 2.24) is 14.5 Å². The topological polar surface area (TPSA) is 101 Å². The maximum atomic E-state index is 13.6. The third-order valence-corrected chi connectivity index (χ3v) is 6.92. The fourth-order valence-corrected chi connectivity index (χ4v) is 4.96. The van der Waals surface area contributed by atoms with E-state index in [0.717, 1.165) is 0 Å². The molecule has 0 radical (unpaired) electrons. The Labute approximate surface area is 185 Å². The van der Waals surface area contributed by atoms with Crippen LogP contribution in [-0.2, 0) is 36.2 Å². The first-order chi connectivity index (χ1) is 14.5. The molecule has 30 heavy (non-hydrogen) atoms. The highest BCUT2D eigenvalue weighted by Crippen LogP contribution is 2.46. The maximum Gasteiger partial charge on any atom is 0.351 e. The van der Waals surface area contributed by atoms with Crippen LogP contribution in [0.15, 0.2) is 12.3 Å². The summed E-state index contributed by atoms with van der Waals surface area (Å²) in [6.45, 7) is -0.0916. The monoisotopic (exact) mass is 493 g/mol. The van der Waals surface area contributed by atoms with E-state index in [1.165, 1.54) is 19.3 Å². The van der Waals surface area contributed by atoms with E-state index in [4.69, 9.17) is 28.3 Å². The zero-order chi connectivity index (χ0) is 21.5. The number of nitriles is 1. The van der Waals surface area contributed by atoms with Gasteiger partial charge in [-0.05, 0) is 6.07 Å². The minimum Gasteiger partial charge on any atom is -0.375 e. The van der Waals surface area contributed by atoms with Gasteiger partial charge in [0.15, 0.2) is 11.8 Å². The molecule has 0 N–H and O–H groups in total. The van der Waals surface area contributed by atoms with E-state index in [1.54, 1.807) is 6.07 Å². The summed E-state index contributed by atoms with van der Waals surface area (Å²) < 4.78 is 42.2. The summed E-state index contributed by atoms with van der Waals surface area (Å²) in [6, 6.07) is 3.69. The first kappa shape index (κ1) is 23.8. The predicted octanol–water partition coefficient (Wildman–Crippen LogP) is 3.39. The van der Waals surface area contributed by atoms with Gasteiger partial charge in [-0.15, -0.1) is 0 Å². The largest absolute Gasteiger partial charge is 0.375 e. The fourth-order valence-electron chi connectivity index (χ4n) is 2.67. The average molecular weight is 493 g/mol. The number of alkyl halides is 1. The lowest BCUT2D eigenvalue weighted by molar-refractivity contribution is 0.123. The number of hydrogen-bond acceptors (Lipinski definition) is 10. The van der Waals surface area contributed by atoms with Gasteiger partial charge in [0, 0.05) is 13.3 Å². The van der Waals surface area contributed by atoms with Crippen molar-refractivity contribution in [3.8, 4) is 6.07 Å². The molecular weight excluding hydrogens is 473 g/mol. The summed E-state index contributed by atoms with van der Waals surface area (Å²) in [7, 11) is -0.102. The van der Waals surface area contributed by atoms with Crippen molar-refractivity contribution < 1.29 is 27.4 Å². The van der Waals surface area contributed by atoms with E-state index in [-0.39, 0.29) is 19.8 Å². The normalized spacial score (nSPS) is 20.6. The molecule has 14 heteroatoms. The maximum absolute atomic E-state index is 13.6. The second-order valence-electron chi connectivity index (χ2n) is 6.04. The van der Waals surface area contributed by atoms with Gasteiger partial charge in [0.25, 0.3) is 5.98 Å². The van der Waals surface area contributed by atoms with E-state index < -0.39 is 26.8 Å². The highest BCUT2D eigenvalue weighted by atomic mass is 32.7. The van der Waals surface area contributed by atoms with Crippen molar-refractivity contribution in [2.75, 3.05) is 26.9 Å². The summed E-state index contributed by atoms with van der Waals surface area (Å²) >= 11 is 8.57. The number of fused-ring (bicyclic) bond motifs is 1. The predicted molar refractivity (Wildman–Crippen MR) is 118 cm³/mol. The number of aromatic nitrogens is 3. The van der Waals surface area contributed by atoms with Crippen molar-refractivity contribution in [1.29, 1.82) is 5.26 Å². The number of thiol groups is 2. The van der Waals surface area contributed by atoms with Gasteiger partial charge in [-0.1, -0.05) is 12.2 Å². The molecule has 0 saturated carbocycles. The van der Waals surface area contributed by atoms with Crippen molar-refractivity contribution in [2.45, 2.75) is 25.4 Å². The Bertz CT molecular complexity index is 944. The molecule has 162 valence electrons. The number of methoxy groups -OCH3 is 1. The van der Waals surface area contributed by atoms with Crippen LogP contribution in [0, 0.1) is 11.3 Å². The van der Waals surface area contributed by atoms with E-state index in [9.17, 15) is 4.39 Å². The summed E-state index contributed by atoms with van der Waals surface area (Å²) in [6.07, 6.45) is -0.403. The molecule has 4 atom stereocenters. The summed E-state index contributed by atoms with van der Waals surface area (Å²) in [5, 5.41) is 9.10. The number of hydrogen-bond donors (Lipinski definition) is 2. The van der Waals surface area contributed by atoms with E-state index in [1.807, 2.05) is 10.6 Å². The highest BCUT2D eigenvalue weighted by Gasteiger charge is 2.31. The van der Waals surface area contributed by atoms with Crippen molar-refractivity contribution in [2.24, 2.45) is 0 Å². The molecule has 3 heterocycles. The number of rotatable bonds is 10.